The van der Waals surface area contributed by atoms with Gasteiger partial charge >= 0.3 is 0 Å². The summed E-state index contributed by atoms with van der Waals surface area (Å²) in [6.45, 7) is 5.98. The monoisotopic (exact) mass is 199 g/mol. The van der Waals surface area contributed by atoms with Gasteiger partial charge < -0.3 is 5.32 Å². The highest BCUT2D eigenvalue weighted by Crippen LogP contribution is 2.18. The molecule has 1 atom stereocenters. The van der Waals surface area contributed by atoms with Crippen LogP contribution in [0.3, 0.4) is 0 Å². The predicted molar refractivity (Wildman–Crippen MR) is 54.3 cm³/mol. The number of hydrogen-bond acceptors (Lipinski definition) is 1. The molecule has 0 aliphatic carbocycles. The van der Waals surface area contributed by atoms with Crippen LogP contribution >= 0.6 is 0 Å². The second-order valence-electron chi connectivity index (χ2n) is 3.78. The van der Waals surface area contributed by atoms with E-state index >= 15 is 0 Å². The van der Waals surface area contributed by atoms with Crippen LogP contribution in [0.15, 0.2) is 18.2 Å². The zero-order valence-corrected chi connectivity index (χ0v) is 8.64. The average Bonchev–Trinajstić information content (AvgIpc) is 2.12. The smallest absolute Gasteiger partial charge is 0.181 e. The molecule has 3 heteroatoms. The molecule has 0 spiro atoms. The predicted octanol–water partition coefficient (Wildman–Crippen LogP) is 3.42. The maximum absolute atomic E-state index is 13.2. The molecule has 0 fully saturated rings. The zero-order chi connectivity index (χ0) is 10.7. The fraction of sp³-hybridized carbons (Fsp3) is 0.455. The van der Waals surface area contributed by atoms with Crippen LogP contribution in [0.5, 0.6) is 0 Å². The summed E-state index contributed by atoms with van der Waals surface area (Å²) in [5, 5.41) is 2.94. The van der Waals surface area contributed by atoms with Crippen LogP contribution in [0, 0.1) is 17.6 Å². The van der Waals surface area contributed by atoms with Gasteiger partial charge in [-0.05, 0) is 25.0 Å². The highest BCUT2D eigenvalue weighted by Gasteiger charge is 2.11. The first-order valence-electron chi connectivity index (χ1n) is 4.73. The average molecular weight is 199 g/mol. The third-order valence-electron chi connectivity index (χ3n) is 2.33. The Hall–Kier alpha value is -1.12. The highest BCUT2D eigenvalue weighted by atomic mass is 19.2. The van der Waals surface area contributed by atoms with Gasteiger partial charge in [-0.15, -0.1) is 0 Å². The summed E-state index contributed by atoms with van der Waals surface area (Å²) in [5.41, 5.74) is 0.228. The van der Waals surface area contributed by atoms with Crippen molar-refractivity contribution in [3.05, 3.63) is 29.8 Å². The Morgan fingerprint density at radius 1 is 1.14 bits per heavy atom. The molecule has 1 rings (SSSR count). The first-order chi connectivity index (χ1) is 6.52. The highest BCUT2D eigenvalue weighted by molar-refractivity contribution is 5.45. The molecule has 0 amide bonds. The molecular weight excluding hydrogens is 184 g/mol. The van der Waals surface area contributed by atoms with Crippen molar-refractivity contribution in [2.24, 2.45) is 5.92 Å². The number of hydrogen-bond donors (Lipinski definition) is 1. The van der Waals surface area contributed by atoms with Gasteiger partial charge in [0, 0.05) is 6.04 Å². The Labute approximate surface area is 83.1 Å². The van der Waals surface area contributed by atoms with Crippen LogP contribution in [-0.4, -0.2) is 6.04 Å². The van der Waals surface area contributed by atoms with Gasteiger partial charge in [-0.25, -0.2) is 8.78 Å². The van der Waals surface area contributed by atoms with Gasteiger partial charge in [-0.1, -0.05) is 19.9 Å². The first-order valence-corrected chi connectivity index (χ1v) is 4.73. The standard InChI is InChI=1S/C11H15F2N/c1-7(2)8(3)14-10-6-4-5-9(12)11(10)13/h4-8,14H,1-3H3. The minimum absolute atomic E-state index is 0.117. The van der Waals surface area contributed by atoms with Gasteiger partial charge in [0.2, 0.25) is 0 Å². The lowest BCUT2D eigenvalue weighted by atomic mass is 10.1. The summed E-state index contributed by atoms with van der Waals surface area (Å²) in [4.78, 5) is 0. The minimum atomic E-state index is -0.814. The Kier molecular flexibility index (Phi) is 3.44. The number of anilines is 1. The van der Waals surface area contributed by atoms with E-state index in [1.165, 1.54) is 12.1 Å². The first kappa shape index (κ1) is 11.0. The summed E-state index contributed by atoms with van der Waals surface area (Å²) in [7, 11) is 0. The lowest BCUT2D eigenvalue weighted by Gasteiger charge is -2.19. The third kappa shape index (κ3) is 2.44. The molecule has 1 N–H and O–H groups in total. The van der Waals surface area contributed by atoms with Gasteiger partial charge in [0.25, 0.3) is 0 Å². The molecule has 0 heterocycles. The molecular formula is C11H15F2N. The maximum Gasteiger partial charge on any atom is 0.181 e. The van der Waals surface area contributed by atoms with E-state index in [1.807, 2.05) is 20.8 Å². The molecule has 0 saturated heterocycles. The number of nitrogens with one attached hydrogen (secondary N) is 1. The van der Waals surface area contributed by atoms with E-state index in [0.29, 0.717) is 5.92 Å². The van der Waals surface area contributed by atoms with Crippen molar-refractivity contribution in [1.29, 1.82) is 0 Å². The largest absolute Gasteiger partial charge is 0.380 e. The van der Waals surface area contributed by atoms with E-state index in [-0.39, 0.29) is 11.7 Å². The van der Waals surface area contributed by atoms with Crippen molar-refractivity contribution < 1.29 is 8.78 Å². The summed E-state index contributed by atoms with van der Waals surface area (Å²) < 4.78 is 26.0. The number of benzene rings is 1. The van der Waals surface area contributed by atoms with E-state index < -0.39 is 11.6 Å². The van der Waals surface area contributed by atoms with Crippen molar-refractivity contribution in [1.82, 2.24) is 0 Å². The van der Waals surface area contributed by atoms with E-state index in [1.54, 1.807) is 0 Å². The summed E-state index contributed by atoms with van der Waals surface area (Å²) in [6.07, 6.45) is 0. The molecule has 0 radical (unpaired) electrons. The van der Waals surface area contributed by atoms with Crippen molar-refractivity contribution in [3.8, 4) is 0 Å². The lowest BCUT2D eigenvalue weighted by molar-refractivity contribution is 0.504. The molecule has 14 heavy (non-hydrogen) atoms. The molecule has 0 aliphatic heterocycles. The van der Waals surface area contributed by atoms with Crippen LogP contribution in [0.4, 0.5) is 14.5 Å². The minimum Gasteiger partial charge on any atom is -0.380 e. The van der Waals surface area contributed by atoms with Crippen molar-refractivity contribution >= 4 is 5.69 Å². The quantitative estimate of drug-likeness (QED) is 0.786. The molecule has 0 saturated carbocycles. The summed E-state index contributed by atoms with van der Waals surface area (Å²) >= 11 is 0. The molecule has 1 aromatic rings. The molecule has 0 aromatic heterocycles. The lowest BCUT2D eigenvalue weighted by Crippen LogP contribution is -2.22. The van der Waals surface area contributed by atoms with E-state index in [4.69, 9.17) is 0 Å². The topological polar surface area (TPSA) is 12.0 Å². The van der Waals surface area contributed by atoms with Gasteiger partial charge in [-0.3, -0.25) is 0 Å². The van der Waals surface area contributed by atoms with Crippen LogP contribution in [0.2, 0.25) is 0 Å². The number of rotatable bonds is 3. The second-order valence-corrected chi connectivity index (χ2v) is 3.78. The van der Waals surface area contributed by atoms with Crippen molar-refractivity contribution in [2.75, 3.05) is 5.32 Å². The van der Waals surface area contributed by atoms with Crippen LogP contribution in [0.1, 0.15) is 20.8 Å². The van der Waals surface area contributed by atoms with Crippen molar-refractivity contribution in [3.63, 3.8) is 0 Å². The fourth-order valence-electron chi connectivity index (χ4n) is 1.03. The fourth-order valence-corrected chi connectivity index (χ4v) is 1.03. The van der Waals surface area contributed by atoms with Gasteiger partial charge in [0.15, 0.2) is 11.6 Å². The summed E-state index contributed by atoms with van der Waals surface area (Å²) in [6, 6.07) is 4.26. The molecule has 1 aromatic carbocycles. The normalized spacial score (nSPS) is 13.0. The number of halogens is 2. The van der Waals surface area contributed by atoms with Gasteiger partial charge in [0.1, 0.15) is 0 Å². The Morgan fingerprint density at radius 2 is 1.79 bits per heavy atom. The second kappa shape index (κ2) is 4.40. The Bertz CT molecular complexity index is 310. The van der Waals surface area contributed by atoms with Crippen LogP contribution in [0.25, 0.3) is 0 Å². The van der Waals surface area contributed by atoms with Gasteiger partial charge in [0.05, 0.1) is 5.69 Å². The molecule has 0 aliphatic rings. The zero-order valence-electron chi connectivity index (χ0n) is 8.64. The molecule has 78 valence electrons. The molecule has 1 nitrogen and oxygen atoms in total. The van der Waals surface area contributed by atoms with Gasteiger partial charge in [-0.2, -0.15) is 0 Å². The van der Waals surface area contributed by atoms with Crippen molar-refractivity contribution in [2.45, 2.75) is 26.8 Å². The third-order valence-corrected chi connectivity index (χ3v) is 2.33. The Morgan fingerprint density at radius 3 is 2.36 bits per heavy atom. The SMILES string of the molecule is CC(C)C(C)Nc1cccc(F)c1F. The van der Waals surface area contributed by atoms with Crippen LogP contribution in [-0.2, 0) is 0 Å². The summed E-state index contributed by atoms with van der Waals surface area (Å²) in [5.74, 6) is -1.25. The molecule has 1 unspecified atom stereocenters. The Balaban J connectivity index is 2.82. The maximum atomic E-state index is 13.2. The van der Waals surface area contributed by atoms with E-state index in [2.05, 4.69) is 5.32 Å². The van der Waals surface area contributed by atoms with E-state index in [9.17, 15) is 8.78 Å². The van der Waals surface area contributed by atoms with Crippen LogP contribution < -0.4 is 5.32 Å². The van der Waals surface area contributed by atoms with E-state index in [0.717, 1.165) is 6.07 Å². The molecule has 0 bridgehead atoms.